The van der Waals surface area contributed by atoms with Crippen LogP contribution in [0.4, 0.5) is 0 Å². The Morgan fingerprint density at radius 2 is 2.12 bits per heavy atom. The predicted octanol–water partition coefficient (Wildman–Crippen LogP) is 2.29. The van der Waals surface area contributed by atoms with E-state index in [1.807, 2.05) is 16.5 Å². The fourth-order valence-electron chi connectivity index (χ4n) is 2.80. The maximum Gasteiger partial charge on any atom is 0.171 e. The van der Waals surface area contributed by atoms with Gasteiger partial charge in [-0.15, -0.1) is 11.8 Å². The molecule has 126 valence electrons. The second kappa shape index (κ2) is 6.70. The number of imidazole rings is 1. The molecule has 0 saturated carbocycles. The Morgan fingerprint density at radius 1 is 1.24 bits per heavy atom. The van der Waals surface area contributed by atoms with Crippen LogP contribution in [0.1, 0.15) is 22.2 Å². The van der Waals surface area contributed by atoms with Gasteiger partial charge in [-0.1, -0.05) is 23.6 Å². The SMILES string of the molecule is O[C@@H]1[C@H](O)CS[C@H]1c1cnc2c(C#Cc3cccc(Cl)c3)nccn12. The minimum absolute atomic E-state index is 0.221. The number of aromatic nitrogens is 3. The molecule has 1 aliphatic rings. The van der Waals surface area contributed by atoms with E-state index in [2.05, 4.69) is 21.8 Å². The topological polar surface area (TPSA) is 70.7 Å². The quantitative estimate of drug-likeness (QED) is 0.642. The maximum absolute atomic E-state index is 10.2. The lowest BCUT2D eigenvalue weighted by Gasteiger charge is -2.14. The van der Waals surface area contributed by atoms with Gasteiger partial charge in [0, 0.05) is 28.7 Å². The first kappa shape index (κ1) is 16.4. The van der Waals surface area contributed by atoms with Crippen LogP contribution in [-0.2, 0) is 0 Å². The van der Waals surface area contributed by atoms with Crippen molar-refractivity contribution in [1.82, 2.24) is 14.4 Å². The van der Waals surface area contributed by atoms with Crippen LogP contribution in [0, 0.1) is 11.8 Å². The highest BCUT2D eigenvalue weighted by molar-refractivity contribution is 7.99. The van der Waals surface area contributed by atoms with E-state index in [-0.39, 0.29) is 5.25 Å². The molecule has 0 bridgehead atoms. The lowest BCUT2D eigenvalue weighted by molar-refractivity contribution is 0.0411. The van der Waals surface area contributed by atoms with Gasteiger partial charge in [0.25, 0.3) is 0 Å². The van der Waals surface area contributed by atoms with Crippen molar-refractivity contribution in [2.45, 2.75) is 17.5 Å². The molecule has 3 aromatic rings. The van der Waals surface area contributed by atoms with Crippen LogP contribution in [-0.4, -0.2) is 42.5 Å². The molecule has 5 nitrogen and oxygen atoms in total. The predicted molar refractivity (Wildman–Crippen MR) is 97.6 cm³/mol. The van der Waals surface area contributed by atoms with Gasteiger partial charge in [0.15, 0.2) is 11.3 Å². The third kappa shape index (κ3) is 3.12. The van der Waals surface area contributed by atoms with E-state index in [0.29, 0.717) is 22.1 Å². The zero-order chi connectivity index (χ0) is 17.4. The highest BCUT2D eigenvalue weighted by atomic mass is 35.5. The largest absolute Gasteiger partial charge is 0.390 e. The Bertz CT molecular complexity index is 995. The Morgan fingerprint density at radius 3 is 2.88 bits per heavy atom. The van der Waals surface area contributed by atoms with Crippen molar-refractivity contribution in [2.24, 2.45) is 0 Å². The molecule has 3 atom stereocenters. The molecule has 2 N–H and O–H groups in total. The number of hydrogen-bond donors (Lipinski definition) is 2. The highest BCUT2D eigenvalue weighted by Gasteiger charge is 2.37. The monoisotopic (exact) mass is 371 g/mol. The standard InChI is InChI=1S/C18H14ClN3O2S/c19-12-3-1-2-11(8-12)4-5-13-18-21-9-14(22(18)7-6-20-13)17-16(24)15(23)10-25-17/h1-3,6-9,15-17,23-24H,10H2/t15-,16-,17+/m1/s1. The van der Waals surface area contributed by atoms with Gasteiger partial charge in [-0.3, -0.25) is 4.40 Å². The summed E-state index contributed by atoms with van der Waals surface area (Å²) in [6.07, 6.45) is 3.63. The Kier molecular flexibility index (Phi) is 4.40. The van der Waals surface area contributed by atoms with Crippen molar-refractivity contribution >= 4 is 29.0 Å². The van der Waals surface area contributed by atoms with E-state index in [9.17, 15) is 10.2 Å². The van der Waals surface area contributed by atoms with Crippen LogP contribution in [0.3, 0.4) is 0 Å². The van der Waals surface area contributed by atoms with E-state index in [4.69, 9.17) is 11.6 Å². The van der Waals surface area contributed by atoms with Crippen LogP contribution < -0.4 is 0 Å². The van der Waals surface area contributed by atoms with Gasteiger partial charge < -0.3 is 10.2 Å². The molecule has 2 aromatic heterocycles. The lowest BCUT2D eigenvalue weighted by atomic mass is 10.1. The lowest BCUT2D eigenvalue weighted by Crippen LogP contribution is -2.25. The average molecular weight is 372 g/mol. The molecule has 1 fully saturated rings. The van der Waals surface area contributed by atoms with Gasteiger partial charge in [0.1, 0.15) is 0 Å². The summed E-state index contributed by atoms with van der Waals surface area (Å²) in [4.78, 5) is 8.73. The molecule has 1 aromatic carbocycles. The molecule has 0 unspecified atom stereocenters. The summed E-state index contributed by atoms with van der Waals surface area (Å²) in [6.45, 7) is 0. The molecule has 1 aliphatic heterocycles. The van der Waals surface area contributed by atoms with Crippen molar-refractivity contribution in [3.8, 4) is 11.8 Å². The van der Waals surface area contributed by atoms with Gasteiger partial charge in [0.2, 0.25) is 0 Å². The van der Waals surface area contributed by atoms with Gasteiger partial charge in [0.05, 0.1) is 29.3 Å². The number of aliphatic hydroxyl groups excluding tert-OH is 2. The summed E-state index contributed by atoms with van der Waals surface area (Å²) < 4.78 is 1.87. The first-order valence-electron chi connectivity index (χ1n) is 7.71. The zero-order valence-corrected chi connectivity index (χ0v) is 14.6. The van der Waals surface area contributed by atoms with Crippen LogP contribution in [0.15, 0.2) is 42.9 Å². The highest BCUT2D eigenvalue weighted by Crippen LogP contribution is 2.40. The maximum atomic E-state index is 10.2. The molecule has 1 saturated heterocycles. The molecule has 0 radical (unpaired) electrons. The number of aliphatic hydroxyl groups is 2. The van der Waals surface area contributed by atoms with Gasteiger partial charge in [-0.2, -0.15) is 0 Å². The second-order valence-electron chi connectivity index (χ2n) is 5.72. The summed E-state index contributed by atoms with van der Waals surface area (Å²) >= 11 is 7.49. The summed E-state index contributed by atoms with van der Waals surface area (Å²) in [5.41, 5.74) is 2.80. The van der Waals surface area contributed by atoms with Gasteiger partial charge in [-0.25, -0.2) is 9.97 Å². The summed E-state index contributed by atoms with van der Waals surface area (Å²) in [7, 11) is 0. The van der Waals surface area contributed by atoms with E-state index < -0.39 is 12.2 Å². The molecule has 0 spiro atoms. The average Bonchev–Trinajstić information content (AvgIpc) is 3.17. The van der Waals surface area contributed by atoms with Crippen LogP contribution in [0.5, 0.6) is 0 Å². The number of fused-ring (bicyclic) bond motifs is 1. The summed E-state index contributed by atoms with van der Waals surface area (Å²) in [5.74, 6) is 6.58. The molecule has 0 aliphatic carbocycles. The minimum atomic E-state index is -0.806. The van der Waals surface area contributed by atoms with Crippen molar-refractivity contribution in [1.29, 1.82) is 0 Å². The molecular formula is C18H14ClN3O2S. The molecule has 3 heterocycles. The van der Waals surface area contributed by atoms with Gasteiger partial charge in [-0.05, 0) is 24.1 Å². The first-order valence-corrected chi connectivity index (χ1v) is 9.13. The summed E-state index contributed by atoms with van der Waals surface area (Å²) in [5, 5.41) is 20.4. The van der Waals surface area contributed by atoms with Crippen molar-refractivity contribution in [3.63, 3.8) is 0 Å². The minimum Gasteiger partial charge on any atom is -0.390 e. The third-order valence-electron chi connectivity index (χ3n) is 4.05. The Labute approximate surface area is 153 Å². The van der Waals surface area contributed by atoms with Gasteiger partial charge >= 0.3 is 0 Å². The third-order valence-corrected chi connectivity index (χ3v) is 5.70. The number of hydrogen-bond acceptors (Lipinski definition) is 5. The van der Waals surface area contributed by atoms with Crippen LogP contribution in [0.2, 0.25) is 5.02 Å². The van der Waals surface area contributed by atoms with Crippen molar-refractivity contribution in [3.05, 3.63) is 64.8 Å². The Hall–Kier alpha value is -2.04. The number of rotatable bonds is 1. The number of benzene rings is 1. The summed E-state index contributed by atoms with van der Waals surface area (Å²) in [6, 6.07) is 7.31. The first-order chi connectivity index (χ1) is 12.1. The van der Waals surface area contributed by atoms with Crippen LogP contribution >= 0.6 is 23.4 Å². The normalized spacial score (nSPS) is 22.8. The Balaban J connectivity index is 1.73. The fraction of sp³-hybridized carbons (Fsp3) is 0.222. The number of halogens is 1. The van der Waals surface area contributed by atoms with E-state index in [1.54, 1.807) is 30.7 Å². The smallest absolute Gasteiger partial charge is 0.171 e. The number of thioether (sulfide) groups is 1. The van der Waals surface area contributed by atoms with E-state index in [0.717, 1.165) is 11.3 Å². The fourth-order valence-corrected chi connectivity index (χ4v) is 4.31. The van der Waals surface area contributed by atoms with E-state index >= 15 is 0 Å². The van der Waals surface area contributed by atoms with E-state index in [1.165, 1.54) is 11.8 Å². The molecule has 4 rings (SSSR count). The zero-order valence-electron chi connectivity index (χ0n) is 13.0. The van der Waals surface area contributed by atoms with Crippen molar-refractivity contribution < 1.29 is 10.2 Å². The molecular weight excluding hydrogens is 358 g/mol. The molecule has 25 heavy (non-hydrogen) atoms. The van der Waals surface area contributed by atoms with Crippen molar-refractivity contribution in [2.75, 3.05) is 5.75 Å². The number of nitrogens with zero attached hydrogens (tertiary/aromatic N) is 3. The van der Waals surface area contributed by atoms with Crippen LogP contribution in [0.25, 0.3) is 5.65 Å². The molecule has 7 heteroatoms. The molecule has 0 amide bonds. The second-order valence-corrected chi connectivity index (χ2v) is 7.34.